The molecule has 0 N–H and O–H groups in total. The van der Waals surface area contributed by atoms with Gasteiger partial charge in [-0.3, -0.25) is 4.98 Å². The average molecular weight is 367 g/mol. The fraction of sp³-hybridized carbons (Fsp3) is 0.263. The number of hydrogen-bond acceptors (Lipinski definition) is 4. The van der Waals surface area contributed by atoms with Crippen molar-refractivity contribution in [1.29, 1.82) is 0 Å². The Labute approximate surface area is 153 Å². The number of nitrogens with zero attached hydrogens (tertiary/aromatic N) is 5. The molecule has 0 atom stereocenters. The maximum Gasteiger partial charge on any atom is 0.262 e. The number of fused-ring (bicyclic) bond motifs is 3. The molecule has 3 heterocycles. The minimum Gasteiger partial charge on any atom is -0.361 e. The number of aromatic nitrogens is 4. The van der Waals surface area contributed by atoms with Crippen LogP contribution < -0.4 is 0 Å². The molecule has 0 amide bonds. The zero-order valence-corrected chi connectivity index (χ0v) is 14.7. The molecule has 4 aromatic rings. The quantitative estimate of drug-likeness (QED) is 0.492. The van der Waals surface area contributed by atoms with E-state index in [4.69, 9.17) is 11.1 Å². The van der Waals surface area contributed by atoms with E-state index in [9.17, 15) is 8.78 Å². The summed E-state index contributed by atoms with van der Waals surface area (Å²) >= 11 is 0. The summed E-state index contributed by atoms with van der Waals surface area (Å²) in [6.07, 6.45) is 1.82. The normalized spacial score (nSPS) is 12.0. The molecule has 0 radical (unpaired) electrons. The minimum atomic E-state index is -2.94. The number of hydrogen-bond donors (Lipinski definition) is 0. The molecule has 0 saturated heterocycles. The van der Waals surface area contributed by atoms with E-state index < -0.39 is 12.5 Å². The highest BCUT2D eigenvalue weighted by molar-refractivity contribution is 6.03. The molecular weight excluding hydrogens is 352 g/mol. The standard InChI is InChI=1S/C19H15F2N5O/c1-11-6-13(25-27-11)8-17-24-16-9-23-15-5-4-12(22-3)7-14(15)18(16)26(17)10-19(2,20)21/h4-7,9H,8,10H2,1-2H3. The van der Waals surface area contributed by atoms with Gasteiger partial charge in [0.05, 0.1) is 42.5 Å². The van der Waals surface area contributed by atoms with Gasteiger partial charge in [-0.05, 0) is 19.1 Å². The topological polar surface area (TPSA) is 61.1 Å². The fourth-order valence-corrected chi connectivity index (χ4v) is 3.17. The Bertz CT molecular complexity index is 1200. The molecule has 4 rings (SSSR count). The summed E-state index contributed by atoms with van der Waals surface area (Å²) in [5.41, 5.74) is 2.70. The molecule has 0 unspecified atom stereocenters. The van der Waals surface area contributed by atoms with E-state index in [0.29, 0.717) is 44.9 Å². The molecular formula is C19H15F2N5O. The number of halogens is 2. The van der Waals surface area contributed by atoms with Gasteiger partial charge in [-0.1, -0.05) is 11.2 Å². The lowest BCUT2D eigenvalue weighted by atomic mass is 10.1. The van der Waals surface area contributed by atoms with Gasteiger partial charge in [0, 0.05) is 18.4 Å². The molecule has 0 aliphatic rings. The van der Waals surface area contributed by atoms with Crippen LogP contribution in [-0.2, 0) is 13.0 Å². The van der Waals surface area contributed by atoms with Gasteiger partial charge < -0.3 is 9.09 Å². The van der Waals surface area contributed by atoms with E-state index in [1.54, 1.807) is 37.4 Å². The van der Waals surface area contributed by atoms with Crippen molar-refractivity contribution in [3.63, 3.8) is 0 Å². The van der Waals surface area contributed by atoms with E-state index in [2.05, 4.69) is 20.0 Å². The molecule has 136 valence electrons. The zero-order valence-electron chi connectivity index (χ0n) is 14.7. The number of imidazole rings is 1. The number of pyridine rings is 1. The maximum atomic E-state index is 13.9. The van der Waals surface area contributed by atoms with Gasteiger partial charge in [0.25, 0.3) is 5.92 Å². The Balaban J connectivity index is 1.98. The van der Waals surface area contributed by atoms with Gasteiger partial charge in [0.2, 0.25) is 0 Å². The molecule has 0 fully saturated rings. The third kappa shape index (κ3) is 3.24. The Hall–Kier alpha value is -3.34. The van der Waals surface area contributed by atoms with Crippen LogP contribution in [0.5, 0.6) is 0 Å². The summed E-state index contributed by atoms with van der Waals surface area (Å²) in [5.74, 6) is -1.85. The maximum absolute atomic E-state index is 13.9. The Morgan fingerprint density at radius 3 is 2.74 bits per heavy atom. The van der Waals surface area contributed by atoms with Crippen LogP contribution in [0.25, 0.3) is 26.8 Å². The molecule has 3 aromatic heterocycles. The second-order valence-corrected chi connectivity index (χ2v) is 6.60. The smallest absolute Gasteiger partial charge is 0.262 e. The molecule has 0 spiro atoms. The average Bonchev–Trinajstić information content (AvgIpc) is 3.17. The first-order chi connectivity index (χ1) is 12.8. The zero-order chi connectivity index (χ0) is 19.2. The summed E-state index contributed by atoms with van der Waals surface area (Å²) in [6, 6.07) is 6.78. The summed E-state index contributed by atoms with van der Waals surface area (Å²) in [6.45, 7) is 9.33. The van der Waals surface area contributed by atoms with E-state index in [1.807, 2.05) is 0 Å². The van der Waals surface area contributed by atoms with E-state index in [0.717, 1.165) is 6.92 Å². The SMILES string of the molecule is [C-]#[N+]c1ccc2ncc3nc(Cc4cc(C)on4)n(CC(C)(F)F)c3c2c1. The first kappa shape index (κ1) is 17.1. The first-order valence-corrected chi connectivity index (χ1v) is 8.29. The second kappa shape index (κ2) is 6.13. The minimum absolute atomic E-state index is 0.256. The lowest BCUT2D eigenvalue weighted by Gasteiger charge is -2.15. The third-order valence-corrected chi connectivity index (χ3v) is 4.22. The van der Waals surface area contributed by atoms with Crippen LogP contribution >= 0.6 is 0 Å². The molecule has 0 saturated carbocycles. The number of benzene rings is 1. The van der Waals surface area contributed by atoms with Gasteiger partial charge in [-0.25, -0.2) is 18.6 Å². The predicted molar refractivity (Wildman–Crippen MR) is 96.0 cm³/mol. The Morgan fingerprint density at radius 2 is 2.07 bits per heavy atom. The lowest BCUT2D eigenvalue weighted by molar-refractivity contribution is 0.00434. The number of rotatable bonds is 4. The molecule has 0 aliphatic heterocycles. The van der Waals surface area contributed by atoms with Gasteiger partial charge in [0.15, 0.2) is 5.69 Å². The van der Waals surface area contributed by atoms with Crippen molar-refractivity contribution in [2.24, 2.45) is 0 Å². The number of aryl methyl sites for hydroxylation is 1. The van der Waals surface area contributed by atoms with Crippen molar-refractivity contribution in [2.75, 3.05) is 0 Å². The van der Waals surface area contributed by atoms with Crippen molar-refractivity contribution in [3.8, 4) is 0 Å². The van der Waals surface area contributed by atoms with Crippen molar-refractivity contribution in [1.82, 2.24) is 19.7 Å². The summed E-state index contributed by atoms with van der Waals surface area (Å²) < 4.78 is 34.4. The van der Waals surface area contributed by atoms with Crippen molar-refractivity contribution in [3.05, 3.63) is 59.2 Å². The Kier molecular flexibility index (Phi) is 3.88. The van der Waals surface area contributed by atoms with Crippen LogP contribution in [-0.4, -0.2) is 25.6 Å². The lowest BCUT2D eigenvalue weighted by Crippen LogP contribution is -2.21. The van der Waals surface area contributed by atoms with Gasteiger partial charge >= 0.3 is 0 Å². The highest BCUT2D eigenvalue weighted by Gasteiger charge is 2.26. The second-order valence-electron chi connectivity index (χ2n) is 6.60. The van der Waals surface area contributed by atoms with E-state index in [-0.39, 0.29) is 6.42 Å². The molecule has 0 aliphatic carbocycles. The van der Waals surface area contributed by atoms with Crippen LogP contribution in [0.2, 0.25) is 0 Å². The van der Waals surface area contributed by atoms with Crippen molar-refractivity contribution in [2.45, 2.75) is 32.7 Å². The van der Waals surface area contributed by atoms with Crippen LogP contribution in [0, 0.1) is 13.5 Å². The van der Waals surface area contributed by atoms with Crippen molar-refractivity contribution >= 4 is 27.6 Å². The van der Waals surface area contributed by atoms with Crippen LogP contribution in [0.3, 0.4) is 0 Å². The predicted octanol–water partition coefficient (Wildman–Crippen LogP) is 4.68. The summed E-state index contributed by atoms with van der Waals surface area (Å²) in [4.78, 5) is 12.3. The largest absolute Gasteiger partial charge is 0.361 e. The van der Waals surface area contributed by atoms with Gasteiger partial charge in [-0.2, -0.15) is 0 Å². The monoisotopic (exact) mass is 367 g/mol. The van der Waals surface area contributed by atoms with Gasteiger partial charge in [0.1, 0.15) is 17.1 Å². The van der Waals surface area contributed by atoms with Crippen LogP contribution in [0.1, 0.15) is 24.2 Å². The third-order valence-electron chi connectivity index (χ3n) is 4.22. The molecule has 0 bridgehead atoms. The first-order valence-electron chi connectivity index (χ1n) is 8.29. The van der Waals surface area contributed by atoms with Gasteiger partial charge in [-0.15, -0.1) is 0 Å². The van der Waals surface area contributed by atoms with E-state index in [1.165, 1.54) is 4.57 Å². The van der Waals surface area contributed by atoms with Crippen LogP contribution in [0.15, 0.2) is 35.0 Å². The summed E-state index contributed by atoms with van der Waals surface area (Å²) in [5, 5.41) is 4.56. The van der Waals surface area contributed by atoms with E-state index >= 15 is 0 Å². The summed E-state index contributed by atoms with van der Waals surface area (Å²) in [7, 11) is 0. The van der Waals surface area contributed by atoms with Crippen LogP contribution in [0.4, 0.5) is 14.5 Å². The molecule has 1 aromatic carbocycles. The molecule has 6 nitrogen and oxygen atoms in total. The van der Waals surface area contributed by atoms with Crippen molar-refractivity contribution < 1.29 is 13.3 Å². The fourth-order valence-electron chi connectivity index (χ4n) is 3.17. The highest BCUT2D eigenvalue weighted by atomic mass is 19.3. The highest BCUT2D eigenvalue weighted by Crippen LogP contribution is 2.30. The number of alkyl halides is 2. The Morgan fingerprint density at radius 1 is 1.26 bits per heavy atom. The molecule has 27 heavy (non-hydrogen) atoms. The molecule has 8 heteroatoms.